The molecule has 0 amide bonds. The molecule has 5 nitrogen and oxygen atoms in total. The van der Waals surface area contributed by atoms with Crippen LogP contribution in [0.15, 0.2) is 76.7 Å². The van der Waals surface area contributed by atoms with Crippen molar-refractivity contribution < 1.29 is 18.6 Å². The van der Waals surface area contributed by atoms with Crippen LogP contribution < -0.4 is 4.72 Å². The number of anilines is 1. The van der Waals surface area contributed by atoms with Crippen LogP contribution in [0, 0.1) is 0 Å². The average molecular weight is 470 g/mol. The summed E-state index contributed by atoms with van der Waals surface area (Å²) >= 11 is 1.19. The Bertz CT molecular complexity index is 1230. The molecule has 3 aromatic carbocycles. The summed E-state index contributed by atoms with van der Waals surface area (Å²) < 4.78 is 29.0. The Labute approximate surface area is 193 Å². The van der Waals surface area contributed by atoms with Crippen molar-refractivity contribution in [2.75, 3.05) is 10.5 Å². The van der Waals surface area contributed by atoms with Crippen molar-refractivity contribution in [3.05, 3.63) is 72.5 Å². The summed E-state index contributed by atoms with van der Waals surface area (Å²) in [6, 6.07) is 15.9. The number of phenols is 1. The molecule has 4 rings (SSSR count). The summed E-state index contributed by atoms with van der Waals surface area (Å²) in [4.78, 5) is 0.663. The topological polar surface area (TPSA) is 86.6 Å². The van der Waals surface area contributed by atoms with Gasteiger partial charge in [0.2, 0.25) is 0 Å². The molecule has 0 aliphatic heterocycles. The van der Waals surface area contributed by atoms with Gasteiger partial charge in [0.1, 0.15) is 5.75 Å². The van der Waals surface area contributed by atoms with Gasteiger partial charge in [-0.25, -0.2) is 8.42 Å². The number of hydrogen-bond donors (Lipinski definition) is 3. The van der Waals surface area contributed by atoms with Crippen LogP contribution in [0.25, 0.3) is 10.8 Å². The summed E-state index contributed by atoms with van der Waals surface area (Å²) in [5.74, 6) is 0.727. The molecule has 0 heterocycles. The number of phenolic OH excluding ortho intramolecular Hbond substituents is 1. The first-order chi connectivity index (χ1) is 15.3. The number of nitrogens with one attached hydrogen (secondary N) is 1. The van der Waals surface area contributed by atoms with Gasteiger partial charge in [-0.15, -0.1) is 11.8 Å². The summed E-state index contributed by atoms with van der Waals surface area (Å²) in [6.07, 6.45) is 6.05. The first-order valence-electron chi connectivity index (χ1n) is 10.7. The normalized spacial score (nSPS) is 15.0. The fourth-order valence-corrected chi connectivity index (χ4v) is 6.09. The quantitative estimate of drug-likeness (QED) is 0.207. The van der Waals surface area contributed by atoms with Gasteiger partial charge >= 0.3 is 0 Å². The van der Waals surface area contributed by atoms with Gasteiger partial charge in [-0.2, -0.15) is 0 Å². The third kappa shape index (κ3) is 4.89. The van der Waals surface area contributed by atoms with Gasteiger partial charge in [0, 0.05) is 10.8 Å². The first kappa shape index (κ1) is 22.6. The van der Waals surface area contributed by atoms with Crippen LogP contribution in [-0.2, 0) is 10.0 Å². The third-order valence-corrected chi connectivity index (χ3v) is 8.37. The minimum absolute atomic E-state index is 0.0252. The largest absolute Gasteiger partial charge is 0.512 e. The highest BCUT2D eigenvalue weighted by Crippen LogP contribution is 2.41. The van der Waals surface area contributed by atoms with Gasteiger partial charge in [-0.1, -0.05) is 62.2 Å². The Balaban J connectivity index is 1.65. The summed E-state index contributed by atoms with van der Waals surface area (Å²) in [7, 11) is -3.82. The molecule has 0 radical (unpaired) electrons. The Hall–Kier alpha value is -2.64. The Morgan fingerprint density at radius 3 is 2.34 bits per heavy atom. The second-order valence-corrected chi connectivity index (χ2v) is 10.9. The van der Waals surface area contributed by atoms with Crippen molar-refractivity contribution in [1.29, 1.82) is 0 Å². The summed E-state index contributed by atoms with van der Waals surface area (Å²) in [5.41, 5.74) is 1.57. The van der Waals surface area contributed by atoms with Crippen LogP contribution in [0.5, 0.6) is 5.75 Å². The lowest BCUT2D eigenvalue weighted by atomic mass is 9.84. The monoisotopic (exact) mass is 469 g/mol. The zero-order valence-electron chi connectivity index (χ0n) is 17.8. The molecule has 1 saturated carbocycles. The van der Waals surface area contributed by atoms with Gasteiger partial charge in [-0.05, 0) is 42.5 Å². The molecule has 0 bridgehead atoms. The molecule has 1 aliphatic rings. The SMILES string of the molecule is C=C(O)CSc1cc(NS(=O)(=O)c2ccc(C3CCCCC3)cc2)c2ccccc2c1O. The summed E-state index contributed by atoms with van der Waals surface area (Å²) in [5, 5.41) is 21.2. The molecule has 0 saturated heterocycles. The smallest absolute Gasteiger partial charge is 0.261 e. The molecule has 0 unspecified atom stereocenters. The van der Waals surface area contributed by atoms with E-state index in [1.807, 2.05) is 12.1 Å². The van der Waals surface area contributed by atoms with Crippen molar-refractivity contribution in [2.45, 2.75) is 47.8 Å². The fraction of sp³-hybridized carbons (Fsp3) is 0.280. The van der Waals surface area contributed by atoms with E-state index in [0.29, 0.717) is 27.3 Å². The third-order valence-electron chi connectivity index (χ3n) is 5.89. The fourth-order valence-electron chi connectivity index (χ4n) is 4.25. The van der Waals surface area contributed by atoms with Gasteiger partial charge in [0.15, 0.2) is 0 Å². The minimum atomic E-state index is -3.82. The molecule has 0 spiro atoms. The maximum atomic E-state index is 13.2. The van der Waals surface area contributed by atoms with Crippen molar-refractivity contribution >= 4 is 38.2 Å². The zero-order chi connectivity index (χ0) is 22.7. The minimum Gasteiger partial charge on any atom is -0.512 e. The lowest BCUT2D eigenvalue weighted by Gasteiger charge is -2.22. The average Bonchev–Trinajstić information content (AvgIpc) is 2.80. The number of hydrogen-bond acceptors (Lipinski definition) is 5. The molecule has 1 fully saturated rings. The van der Waals surface area contributed by atoms with Crippen LogP contribution in [0.2, 0.25) is 0 Å². The number of sulfonamides is 1. The van der Waals surface area contributed by atoms with E-state index in [4.69, 9.17) is 0 Å². The van der Waals surface area contributed by atoms with Gasteiger partial charge in [-0.3, -0.25) is 4.72 Å². The van der Waals surface area contributed by atoms with Crippen molar-refractivity contribution in [2.24, 2.45) is 0 Å². The number of aliphatic hydroxyl groups excluding tert-OH is 1. The molecule has 7 heteroatoms. The van der Waals surface area contributed by atoms with E-state index in [9.17, 15) is 18.6 Å². The van der Waals surface area contributed by atoms with Crippen LogP contribution >= 0.6 is 11.8 Å². The van der Waals surface area contributed by atoms with E-state index < -0.39 is 10.0 Å². The Kier molecular flexibility index (Phi) is 6.67. The van der Waals surface area contributed by atoms with Crippen molar-refractivity contribution in [1.82, 2.24) is 0 Å². The number of fused-ring (bicyclic) bond motifs is 1. The molecular formula is C25H27NO4S2. The molecule has 32 heavy (non-hydrogen) atoms. The van der Waals surface area contributed by atoms with E-state index in [-0.39, 0.29) is 22.2 Å². The zero-order valence-corrected chi connectivity index (χ0v) is 19.4. The number of thioether (sulfide) groups is 1. The lowest BCUT2D eigenvalue weighted by molar-refractivity contribution is 0.420. The highest BCUT2D eigenvalue weighted by atomic mass is 32.2. The highest BCUT2D eigenvalue weighted by Gasteiger charge is 2.20. The molecule has 3 aromatic rings. The van der Waals surface area contributed by atoms with Crippen LogP contribution in [-0.4, -0.2) is 24.4 Å². The van der Waals surface area contributed by atoms with E-state index in [2.05, 4.69) is 11.3 Å². The lowest BCUT2D eigenvalue weighted by Crippen LogP contribution is -2.14. The van der Waals surface area contributed by atoms with E-state index >= 15 is 0 Å². The van der Waals surface area contributed by atoms with E-state index in [1.54, 1.807) is 42.5 Å². The van der Waals surface area contributed by atoms with Crippen molar-refractivity contribution in [3.8, 4) is 5.75 Å². The molecule has 1 aliphatic carbocycles. The number of aromatic hydroxyl groups is 1. The first-order valence-corrected chi connectivity index (χ1v) is 13.2. The number of benzene rings is 3. The van der Waals surface area contributed by atoms with E-state index in [0.717, 1.165) is 12.8 Å². The highest BCUT2D eigenvalue weighted by molar-refractivity contribution is 7.99. The maximum Gasteiger partial charge on any atom is 0.261 e. The molecule has 0 atom stereocenters. The standard InChI is InChI=1S/C25H27NO4S2/c1-17(27)16-31-24-15-23(21-9-5-6-10-22(21)25(24)28)26-32(29,30)20-13-11-19(12-14-20)18-7-3-2-4-8-18/h5-6,9-15,18,26-28H,1-4,7-8,16H2. The predicted octanol–water partition coefficient (Wildman–Crippen LogP) is 6.56. The summed E-state index contributed by atoms with van der Waals surface area (Å²) in [6.45, 7) is 3.47. The van der Waals surface area contributed by atoms with Crippen LogP contribution in [0.3, 0.4) is 0 Å². The number of rotatable bonds is 7. The predicted molar refractivity (Wildman–Crippen MR) is 131 cm³/mol. The van der Waals surface area contributed by atoms with Crippen LogP contribution in [0.1, 0.15) is 43.6 Å². The second-order valence-electron chi connectivity index (χ2n) is 8.18. The number of aliphatic hydroxyl groups is 1. The van der Waals surface area contributed by atoms with E-state index in [1.165, 1.54) is 36.6 Å². The van der Waals surface area contributed by atoms with Crippen molar-refractivity contribution in [3.63, 3.8) is 0 Å². The molecule has 3 N–H and O–H groups in total. The maximum absolute atomic E-state index is 13.2. The van der Waals surface area contributed by atoms with Gasteiger partial charge < -0.3 is 10.2 Å². The Morgan fingerprint density at radius 2 is 1.69 bits per heavy atom. The van der Waals surface area contributed by atoms with Crippen LogP contribution in [0.4, 0.5) is 5.69 Å². The molecular weight excluding hydrogens is 442 g/mol. The van der Waals surface area contributed by atoms with Gasteiger partial charge in [0.25, 0.3) is 10.0 Å². The second kappa shape index (κ2) is 9.46. The van der Waals surface area contributed by atoms with Gasteiger partial charge in [0.05, 0.1) is 27.0 Å². The Morgan fingerprint density at radius 1 is 1.03 bits per heavy atom. The molecule has 0 aromatic heterocycles. The molecule has 168 valence electrons.